The molecule has 0 aliphatic carbocycles. The van der Waals surface area contributed by atoms with Crippen LogP contribution >= 0.6 is 11.3 Å². The maximum atomic E-state index is 11.9. The number of imide groups is 1. The van der Waals surface area contributed by atoms with Gasteiger partial charge in [-0.3, -0.25) is 9.59 Å². The SMILES string of the molecule is CCNC(C)c1csc(N2C(=O)CC(C)C2=O)n1. The molecule has 6 heteroatoms. The number of amides is 2. The number of nitrogens with zero attached hydrogens (tertiary/aromatic N) is 2. The van der Waals surface area contributed by atoms with E-state index in [0.717, 1.165) is 12.2 Å². The smallest absolute Gasteiger partial charge is 0.238 e. The third-order valence-corrected chi connectivity index (χ3v) is 3.87. The summed E-state index contributed by atoms with van der Waals surface area (Å²) in [6, 6.07) is 0.130. The van der Waals surface area contributed by atoms with Crippen molar-refractivity contribution in [2.75, 3.05) is 11.4 Å². The zero-order chi connectivity index (χ0) is 13.3. The first-order valence-electron chi connectivity index (χ1n) is 6.10. The maximum absolute atomic E-state index is 11.9. The van der Waals surface area contributed by atoms with Crippen LogP contribution in [-0.4, -0.2) is 23.3 Å². The van der Waals surface area contributed by atoms with Crippen molar-refractivity contribution in [1.29, 1.82) is 0 Å². The van der Waals surface area contributed by atoms with Gasteiger partial charge in [0.25, 0.3) is 0 Å². The molecule has 1 aromatic heterocycles. The van der Waals surface area contributed by atoms with Crippen LogP contribution in [0.3, 0.4) is 0 Å². The Hall–Kier alpha value is -1.27. The Balaban J connectivity index is 2.20. The van der Waals surface area contributed by atoms with Crippen LogP contribution in [0, 0.1) is 5.92 Å². The summed E-state index contributed by atoms with van der Waals surface area (Å²) in [4.78, 5) is 29.2. The summed E-state index contributed by atoms with van der Waals surface area (Å²) in [5.41, 5.74) is 0.872. The van der Waals surface area contributed by atoms with Crippen molar-refractivity contribution in [2.45, 2.75) is 33.2 Å². The molecule has 1 aliphatic heterocycles. The first kappa shape index (κ1) is 13.2. The number of hydrogen-bond donors (Lipinski definition) is 1. The zero-order valence-electron chi connectivity index (χ0n) is 10.8. The molecule has 0 radical (unpaired) electrons. The molecule has 1 fully saturated rings. The van der Waals surface area contributed by atoms with Crippen molar-refractivity contribution in [3.8, 4) is 0 Å². The summed E-state index contributed by atoms with van der Waals surface area (Å²) in [5, 5.41) is 5.64. The average molecular weight is 267 g/mol. The lowest BCUT2D eigenvalue weighted by molar-refractivity contribution is -0.122. The van der Waals surface area contributed by atoms with E-state index in [1.165, 1.54) is 16.2 Å². The van der Waals surface area contributed by atoms with E-state index in [9.17, 15) is 9.59 Å². The molecule has 2 atom stereocenters. The van der Waals surface area contributed by atoms with E-state index < -0.39 is 0 Å². The van der Waals surface area contributed by atoms with Crippen LogP contribution in [0.15, 0.2) is 5.38 Å². The monoisotopic (exact) mass is 267 g/mol. The van der Waals surface area contributed by atoms with E-state index in [-0.39, 0.29) is 30.2 Å². The second kappa shape index (κ2) is 5.16. The Bertz CT molecular complexity index is 472. The van der Waals surface area contributed by atoms with E-state index >= 15 is 0 Å². The van der Waals surface area contributed by atoms with Gasteiger partial charge in [0.15, 0.2) is 5.13 Å². The summed E-state index contributed by atoms with van der Waals surface area (Å²) in [6.45, 7) is 6.67. The standard InChI is InChI=1S/C12H17N3O2S/c1-4-13-8(3)9-6-18-12(14-9)15-10(16)5-7(2)11(15)17/h6-8,13H,4-5H2,1-3H3. The fraction of sp³-hybridized carbons (Fsp3) is 0.583. The third kappa shape index (κ3) is 2.30. The quantitative estimate of drug-likeness (QED) is 0.844. The lowest BCUT2D eigenvalue weighted by Crippen LogP contribution is -2.30. The number of nitrogens with one attached hydrogen (secondary N) is 1. The van der Waals surface area contributed by atoms with Gasteiger partial charge >= 0.3 is 0 Å². The van der Waals surface area contributed by atoms with Crippen molar-refractivity contribution >= 4 is 28.3 Å². The third-order valence-electron chi connectivity index (χ3n) is 3.03. The lowest BCUT2D eigenvalue weighted by atomic mass is 10.1. The molecule has 1 aromatic rings. The number of anilines is 1. The number of aromatic nitrogens is 1. The van der Waals surface area contributed by atoms with Crippen molar-refractivity contribution < 1.29 is 9.59 Å². The molecule has 2 rings (SSSR count). The molecule has 0 bridgehead atoms. The molecule has 1 saturated heterocycles. The van der Waals surface area contributed by atoms with Gasteiger partial charge in [-0.2, -0.15) is 0 Å². The molecule has 2 amide bonds. The van der Waals surface area contributed by atoms with Crippen molar-refractivity contribution in [3.05, 3.63) is 11.1 Å². The molecule has 2 unspecified atom stereocenters. The van der Waals surface area contributed by atoms with E-state index in [1.807, 2.05) is 19.2 Å². The minimum atomic E-state index is -0.226. The molecule has 0 aromatic carbocycles. The number of carbonyl (C=O) groups is 2. The topological polar surface area (TPSA) is 62.3 Å². The molecule has 0 saturated carbocycles. The average Bonchev–Trinajstić information content (AvgIpc) is 2.86. The first-order chi connectivity index (χ1) is 8.54. The summed E-state index contributed by atoms with van der Waals surface area (Å²) in [6.07, 6.45) is 0.288. The Morgan fingerprint density at radius 1 is 1.61 bits per heavy atom. The van der Waals surface area contributed by atoms with Crippen LogP contribution in [-0.2, 0) is 9.59 Å². The number of carbonyl (C=O) groups excluding carboxylic acids is 2. The highest BCUT2D eigenvalue weighted by Gasteiger charge is 2.38. The number of thiazole rings is 1. The van der Waals surface area contributed by atoms with Crippen molar-refractivity contribution in [3.63, 3.8) is 0 Å². The van der Waals surface area contributed by atoms with Crippen LogP contribution in [0.25, 0.3) is 0 Å². The van der Waals surface area contributed by atoms with Crippen molar-refractivity contribution in [1.82, 2.24) is 10.3 Å². The van der Waals surface area contributed by atoms with Gasteiger partial charge in [-0.15, -0.1) is 11.3 Å². The molecular weight excluding hydrogens is 250 g/mol. The Morgan fingerprint density at radius 3 is 2.89 bits per heavy atom. The second-order valence-corrected chi connectivity index (χ2v) is 5.34. The van der Waals surface area contributed by atoms with Crippen LogP contribution in [0.1, 0.15) is 38.9 Å². The highest BCUT2D eigenvalue weighted by atomic mass is 32.1. The van der Waals surface area contributed by atoms with Crippen molar-refractivity contribution in [2.24, 2.45) is 5.92 Å². The first-order valence-corrected chi connectivity index (χ1v) is 6.98. The highest BCUT2D eigenvalue weighted by molar-refractivity contribution is 7.14. The molecule has 98 valence electrons. The fourth-order valence-electron chi connectivity index (χ4n) is 1.97. The lowest BCUT2D eigenvalue weighted by Gasteiger charge is -2.11. The Morgan fingerprint density at radius 2 is 2.33 bits per heavy atom. The Labute approximate surface area is 110 Å². The minimum Gasteiger partial charge on any atom is -0.309 e. The van der Waals surface area contributed by atoms with E-state index in [2.05, 4.69) is 10.3 Å². The van der Waals surface area contributed by atoms with E-state index in [1.54, 1.807) is 6.92 Å². The zero-order valence-corrected chi connectivity index (χ0v) is 11.6. The number of hydrogen-bond acceptors (Lipinski definition) is 5. The van der Waals surface area contributed by atoms with Gasteiger partial charge in [0.2, 0.25) is 11.8 Å². The van der Waals surface area contributed by atoms with Crippen LogP contribution in [0.2, 0.25) is 0 Å². The molecule has 2 heterocycles. The highest BCUT2D eigenvalue weighted by Crippen LogP contribution is 2.30. The molecule has 18 heavy (non-hydrogen) atoms. The largest absolute Gasteiger partial charge is 0.309 e. The van der Waals surface area contributed by atoms with Gasteiger partial charge in [-0.25, -0.2) is 9.88 Å². The normalized spacial score (nSPS) is 21.7. The molecule has 0 spiro atoms. The van der Waals surface area contributed by atoms with Gasteiger partial charge < -0.3 is 5.32 Å². The summed E-state index contributed by atoms with van der Waals surface area (Å²) >= 11 is 1.34. The summed E-state index contributed by atoms with van der Waals surface area (Å²) in [5.74, 6) is -0.516. The van der Waals surface area contributed by atoms with Crippen LogP contribution in [0.5, 0.6) is 0 Å². The molecule has 1 N–H and O–H groups in total. The Kier molecular flexibility index (Phi) is 3.77. The predicted molar refractivity (Wildman–Crippen MR) is 70.5 cm³/mol. The van der Waals surface area contributed by atoms with Crippen LogP contribution in [0.4, 0.5) is 5.13 Å². The fourth-order valence-corrected chi connectivity index (χ4v) is 2.91. The molecular formula is C12H17N3O2S. The predicted octanol–water partition coefficient (Wildman–Crippen LogP) is 1.71. The second-order valence-electron chi connectivity index (χ2n) is 4.51. The van der Waals surface area contributed by atoms with E-state index in [0.29, 0.717) is 5.13 Å². The molecule has 5 nitrogen and oxygen atoms in total. The molecule has 1 aliphatic rings. The summed E-state index contributed by atoms with van der Waals surface area (Å²) < 4.78 is 0. The summed E-state index contributed by atoms with van der Waals surface area (Å²) in [7, 11) is 0. The van der Waals surface area contributed by atoms with Gasteiger partial charge in [0, 0.05) is 23.8 Å². The maximum Gasteiger partial charge on any atom is 0.238 e. The van der Waals surface area contributed by atoms with Gasteiger partial charge in [-0.1, -0.05) is 13.8 Å². The van der Waals surface area contributed by atoms with Gasteiger partial charge in [-0.05, 0) is 13.5 Å². The van der Waals surface area contributed by atoms with Gasteiger partial charge in [0.1, 0.15) is 0 Å². The number of rotatable bonds is 4. The van der Waals surface area contributed by atoms with Crippen LogP contribution < -0.4 is 10.2 Å². The van der Waals surface area contributed by atoms with Gasteiger partial charge in [0.05, 0.1) is 5.69 Å². The minimum absolute atomic E-state index is 0.130. The van der Waals surface area contributed by atoms with E-state index in [4.69, 9.17) is 0 Å².